The highest BCUT2D eigenvalue weighted by molar-refractivity contribution is 5.87. The van der Waals surface area contributed by atoms with E-state index in [4.69, 9.17) is 9.63 Å². The van der Waals surface area contributed by atoms with Gasteiger partial charge in [-0.3, -0.25) is 4.90 Å². The summed E-state index contributed by atoms with van der Waals surface area (Å²) in [6.45, 7) is 4.45. The second-order valence-corrected chi connectivity index (χ2v) is 3.85. The lowest BCUT2D eigenvalue weighted by Crippen LogP contribution is -2.20. The lowest BCUT2D eigenvalue weighted by molar-refractivity contribution is 0.0684. The Morgan fingerprint density at radius 3 is 2.69 bits per heavy atom. The van der Waals surface area contributed by atoms with Crippen molar-refractivity contribution in [2.24, 2.45) is 0 Å². The van der Waals surface area contributed by atoms with Gasteiger partial charge in [0.1, 0.15) is 5.76 Å². The lowest BCUT2D eigenvalue weighted by Gasteiger charge is -2.13. The molecule has 1 saturated heterocycles. The second-order valence-electron chi connectivity index (χ2n) is 3.85. The molecule has 2 rings (SSSR count). The summed E-state index contributed by atoms with van der Waals surface area (Å²) in [4.78, 5) is 13.1. The standard InChI is InChI=1S/C10H14N2O3.ClH/c1-7-8(6-12-4-2-3-5-12)9(10(13)14)11-15-7;/h2-6H2,1H3,(H,13,14);1H. The van der Waals surface area contributed by atoms with Crippen LogP contribution in [0.4, 0.5) is 0 Å². The first kappa shape index (κ1) is 13.0. The SMILES string of the molecule is Cc1onc(C(=O)O)c1CN1CCCC1.Cl. The van der Waals surface area contributed by atoms with E-state index in [1.54, 1.807) is 6.92 Å². The molecule has 2 heterocycles. The van der Waals surface area contributed by atoms with E-state index in [1.807, 2.05) is 0 Å². The molecular formula is C10H15ClN2O3. The van der Waals surface area contributed by atoms with Gasteiger partial charge in [-0.15, -0.1) is 12.4 Å². The average Bonchev–Trinajstić information content (AvgIpc) is 2.78. The number of likely N-dealkylation sites (tertiary alicyclic amines) is 1. The number of aromatic nitrogens is 1. The summed E-state index contributed by atoms with van der Waals surface area (Å²) in [7, 11) is 0. The number of carbonyl (C=O) groups is 1. The van der Waals surface area contributed by atoms with Crippen molar-refractivity contribution >= 4 is 18.4 Å². The minimum atomic E-state index is -1.01. The molecule has 16 heavy (non-hydrogen) atoms. The number of aromatic carboxylic acids is 1. The molecule has 1 aliphatic rings. The molecular weight excluding hydrogens is 232 g/mol. The summed E-state index contributed by atoms with van der Waals surface area (Å²) in [5.74, 6) is -0.402. The molecule has 1 fully saturated rings. The third-order valence-corrected chi connectivity index (χ3v) is 2.77. The monoisotopic (exact) mass is 246 g/mol. The maximum atomic E-state index is 10.9. The number of halogens is 1. The van der Waals surface area contributed by atoms with Crippen LogP contribution in [0.5, 0.6) is 0 Å². The Labute approximate surface area is 99.8 Å². The highest BCUT2D eigenvalue weighted by atomic mass is 35.5. The van der Waals surface area contributed by atoms with Gasteiger partial charge in [-0.1, -0.05) is 5.16 Å². The number of carboxylic acid groups (broad SMARTS) is 1. The van der Waals surface area contributed by atoms with Crippen LogP contribution in [-0.4, -0.2) is 34.2 Å². The first-order chi connectivity index (χ1) is 7.18. The number of hydrogen-bond donors (Lipinski definition) is 1. The van der Waals surface area contributed by atoms with Crippen LogP contribution < -0.4 is 0 Å². The quantitative estimate of drug-likeness (QED) is 0.879. The zero-order valence-electron chi connectivity index (χ0n) is 9.10. The highest BCUT2D eigenvalue weighted by Gasteiger charge is 2.22. The van der Waals surface area contributed by atoms with Gasteiger partial charge >= 0.3 is 5.97 Å². The Morgan fingerprint density at radius 2 is 2.12 bits per heavy atom. The fraction of sp³-hybridized carbons (Fsp3) is 0.600. The Hall–Kier alpha value is -1.07. The van der Waals surface area contributed by atoms with Crippen LogP contribution in [0.3, 0.4) is 0 Å². The summed E-state index contributed by atoms with van der Waals surface area (Å²) in [5.41, 5.74) is 0.767. The third kappa shape index (κ3) is 2.54. The molecule has 90 valence electrons. The van der Waals surface area contributed by atoms with Gasteiger partial charge in [0.2, 0.25) is 0 Å². The van der Waals surface area contributed by atoms with Gasteiger partial charge < -0.3 is 9.63 Å². The van der Waals surface area contributed by atoms with Crippen LogP contribution >= 0.6 is 12.4 Å². The van der Waals surface area contributed by atoms with Crippen molar-refractivity contribution in [2.45, 2.75) is 26.3 Å². The van der Waals surface area contributed by atoms with Gasteiger partial charge in [0, 0.05) is 12.1 Å². The predicted octanol–water partition coefficient (Wildman–Crippen LogP) is 1.70. The van der Waals surface area contributed by atoms with Crippen molar-refractivity contribution < 1.29 is 14.4 Å². The molecule has 6 heteroatoms. The van der Waals surface area contributed by atoms with E-state index in [0.717, 1.165) is 13.1 Å². The first-order valence-electron chi connectivity index (χ1n) is 5.09. The van der Waals surface area contributed by atoms with Crippen LogP contribution in [0, 0.1) is 6.92 Å². The average molecular weight is 247 g/mol. The Balaban J connectivity index is 0.00000128. The number of nitrogens with zero attached hydrogens (tertiary/aromatic N) is 2. The molecule has 1 aromatic heterocycles. The van der Waals surface area contributed by atoms with Crippen molar-refractivity contribution in [3.05, 3.63) is 17.0 Å². The molecule has 0 aromatic carbocycles. The smallest absolute Gasteiger partial charge is 0.358 e. The van der Waals surface area contributed by atoms with Gasteiger partial charge in [0.15, 0.2) is 5.69 Å². The fourth-order valence-electron chi connectivity index (χ4n) is 1.91. The molecule has 0 unspecified atom stereocenters. The van der Waals surface area contributed by atoms with Gasteiger partial charge in [-0.2, -0.15) is 0 Å². The van der Waals surface area contributed by atoms with E-state index in [0.29, 0.717) is 17.9 Å². The minimum Gasteiger partial charge on any atom is -0.476 e. The predicted molar refractivity (Wildman–Crippen MR) is 60.0 cm³/mol. The van der Waals surface area contributed by atoms with Crippen molar-refractivity contribution in [1.29, 1.82) is 0 Å². The van der Waals surface area contributed by atoms with E-state index >= 15 is 0 Å². The van der Waals surface area contributed by atoms with Crippen molar-refractivity contribution in [3.8, 4) is 0 Å². The largest absolute Gasteiger partial charge is 0.476 e. The molecule has 0 radical (unpaired) electrons. The van der Waals surface area contributed by atoms with Crippen LogP contribution in [0.2, 0.25) is 0 Å². The maximum Gasteiger partial charge on any atom is 0.358 e. The zero-order valence-corrected chi connectivity index (χ0v) is 9.92. The topological polar surface area (TPSA) is 66.6 Å². The molecule has 1 aromatic rings. The fourth-order valence-corrected chi connectivity index (χ4v) is 1.91. The van der Waals surface area contributed by atoms with Crippen molar-refractivity contribution in [2.75, 3.05) is 13.1 Å². The van der Waals surface area contributed by atoms with Gasteiger partial charge in [-0.25, -0.2) is 4.79 Å². The van der Waals surface area contributed by atoms with Gasteiger partial charge in [0.25, 0.3) is 0 Å². The van der Waals surface area contributed by atoms with E-state index in [2.05, 4.69) is 10.1 Å². The van der Waals surface area contributed by atoms with Crippen LogP contribution in [-0.2, 0) is 6.54 Å². The molecule has 1 aliphatic heterocycles. The molecule has 0 bridgehead atoms. The number of carboxylic acids is 1. The summed E-state index contributed by atoms with van der Waals surface area (Å²) in [6.07, 6.45) is 2.37. The van der Waals surface area contributed by atoms with Crippen molar-refractivity contribution in [3.63, 3.8) is 0 Å². The van der Waals surface area contributed by atoms with E-state index in [-0.39, 0.29) is 18.1 Å². The highest BCUT2D eigenvalue weighted by Crippen LogP contribution is 2.18. The van der Waals surface area contributed by atoms with Gasteiger partial charge in [-0.05, 0) is 32.9 Å². The van der Waals surface area contributed by atoms with Crippen molar-refractivity contribution in [1.82, 2.24) is 10.1 Å². The number of rotatable bonds is 3. The van der Waals surface area contributed by atoms with Gasteiger partial charge in [0.05, 0.1) is 0 Å². The van der Waals surface area contributed by atoms with E-state index in [1.165, 1.54) is 12.8 Å². The molecule has 0 spiro atoms. The molecule has 5 nitrogen and oxygen atoms in total. The minimum absolute atomic E-state index is 0. The third-order valence-electron chi connectivity index (χ3n) is 2.77. The van der Waals surface area contributed by atoms with Crippen LogP contribution in [0.15, 0.2) is 4.52 Å². The Bertz CT molecular complexity index is 372. The zero-order chi connectivity index (χ0) is 10.8. The summed E-state index contributed by atoms with van der Waals surface area (Å²) >= 11 is 0. The summed E-state index contributed by atoms with van der Waals surface area (Å²) in [6, 6.07) is 0. The molecule has 1 N–H and O–H groups in total. The Kier molecular flexibility index (Phi) is 4.32. The summed E-state index contributed by atoms with van der Waals surface area (Å²) in [5, 5.41) is 12.5. The Morgan fingerprint density at radius 1 is 1.50 bits per heavy atom. The first-order valence-corrected chi connectivity index (χ1v) is 5.09. The van der Waals surface area contributed by atoms with E-state index in [9.17, 15) is 4.79 Å². The van der Waals surface area contributed by atoms with E-state index < -0.39 is 5.97 Å². The van der Waals surface area contributed by atoms with Crippen LogP contribution in [0.1, 0.15) is 34.7 Å². The number of hydrogen-bond acceptors (Lipinski definition) is 4. The second kappa shape index (κ2) is 5.32. The maximum absolute atomic E-state index is 10.9. The molecule has 0 aliphatic carbocycles. The lowest BCUT2D eigenvalue weighted by atomic mass is 10.2. The van der Waals surface area contributed by atoms with Crippen LogP contribution in [0.25, 0.3) is 0 Å². The normalized spacial score (nSPS) is 16.1. The summed E-state index contributed by atoms with van der Waals surface area (Å²) < 4.78 is 4.91. The molecule has 0 atom stereocenters. The number of aryl methyl sites for hydroxylation is 1. The molecule has 0 amide bonds. The molecule has 0 saturated carbocycles.